The minimum absolute atomic E-state index is 0.0319. The molecule has 2 amide bonds. The summed E-state index contributed by atoms with van der Waals surface area (Å²) in [7, 11) is 3.79. The van der Waals surface area contributed by atoms with Gasteiger partial charge in [-0.1, -0.05) is 12.1 Å². The van der Waals surface area contributed by atoms with Gasteiger partial charge in [-0.25, -0.2) is 9.97 Å². The van der Waals surface area contributed by atoms with Crippen LogP contribution in [0.5, 0.6) is 0 Å². The van der Waals surface area contributed by atoms with E-state index in [1.807, 2.05) is 49.0 Å². The van der Waals surface area contributed by atoms with E-state index >= 15 is 0 Å². The van der Waals surface area contributed by atoms with Crippen LogP contribution in [0.2, 0.25) is 0 Å². The molecule has 4 heterocycles. The third kappa shape index (κ3) is 3.26. The van der Waals surface area contributed by atoms with Gasteiger partial charge in [-0.15, -0.1) is 0 Å². The number of anilines is 1. The summed E-state index contributed by atoms with van der Waals surface area (Å²) < 4.78 is 1.98. The van der Waals surface area contributed by atoms with Gasteiger partial charge in [0.2, 0.25) is 5.91 Å². The van der Waals surface area contributed by atoms with E-state index in [1.54, 1.807) is 11.2 Å². The van der Waals surface area contributed by atoms with E-state index in [4.69, 9.17) is 5.73 Å². The molecule has 0 bridgehead atoms. The minimum Gasteiger partial charge on any atom is -0.371 e. The highest BCUT2D eigenvalue weighted by Crippen LogP contribution is 2.32. The zero-order valence-corrected chi connectivity index (χ0v) is 18.1. The minimum atomic E-state index is -0.282. The number of hydrogen-bond acceptors (Lipinski definition) is 5. The molecule has 4 aromatic rings. The topological polar surface area (TPSA) is 122 Å². The van der Waals surface area contributed by atoms with Crippen LogP contribution in [0, 0.1) is 5.92 Å². The van der Waals surface area contributed by atoms with Crippen LogP contribution in [-0.4, -0.2) is 56.4 Å². The number of carbonyl (C=O) groups is 2. The van der Waals surface area contributed by atoms with Crippen molar-refractivity contribution < 1.29 is 9.59 Å². The molecule has 9 nitrogen and oxygen atoms in total. The first kappa shape index (κ1) is 20.0. The molecule has 9 heteroatoms. The number of aryl methyl sites for hydroxylation is 1. The molecular formula is C23H25N7O2. The first-order valence-electron chi connectivity index (χ1n) is 10.7. The van der Waals surface area contributed by atoms with E-state index in [2.05, 4.69) is 20.3 Å². The van der Waals surface area contributed by atoms with Crippen LogP contribution in [0.15, 0.2) is 36.7 Å². The number of aromatic nitrogens is 4. The maximum absolute atomic E-state index is 13.1. The summed E-state index contributed by atoms with van der Waals surface area (Å²) in [6.07, 6.45) is 3.01. The third-order valence-electron chi connectivity index (χ3n) is 6.28. The number of imidazole rings is 1. The zero-order chi connectivity index (χ0) is 22.4. The Labute approximate surface area is 184 Å². The van der Waals surface area contributed by atoms with Crippen LogP contribution in [0.3, 0.4) is 0 Å². The molecule has 0 atom stereocenters. The lowest BCUT2D eigenvalue weighted by Crippen LogP contribution is -2.41. The summed E-state index contributed by atoms with van der Waals surface area (Å²) in [5, 5.41) is 4.08. The lowest BCUT2D eigenvalue weighted by atomic mass is 9.95. The molecule has 4 N–H and O–H groups in total. The van der Waals surface area contributed by atoms with Gasteiger partial charge in [0.1, 0.15) is 11.2 Å². The highest BCUT2D eigenvalue weighted by Gasteiger charge is 2.26. The lowest BCUT2D eigenvalue weighted by molar-refractivity contribution is -0.123. The average molecular weight is 432 g/mol. The van der Waals surface area contributed by atoms with Gasteiger partial charge in [0.15, 0.2) is 5.82 Å². The van der Waals surface area contributed by atoms with Crippen molar-refractivity contribution in [1.29, 1.82) is 0 Å². The van der Waals surface area contributed by atoms with Crippen LogP contribution in [-0.2, 0) is 11.8 Å². The van der Waals surface area contributed by atoms with Gasteiger partial charge < -0.3 is 25.5 Å². The third-order valence-corrected chi connectivity index (χ3v) is 6.28. The normalized spacial score (nSPS) is 14.9. The van der Waals surface area contributed by atoms with Crippen molar-refractivity contribution >= 4 is 39.7 Å². The van der Waals surface area contributed by atoms with E-state index in [0.29, 0.717) is 37.3 Å². The SMILES string of the molecule is CNc1nc2[nH]c(-c3cccc(C(=O)N4CCC(C(N)=O)CC4)c3)cc2c2c1ncn2C. The second kappa shape index (κ2) is 7.67. The van der Waals surface area contributed by atoms with Crippen LogP contribution in [0.25, 0.3) is 33.3 Å². The van der Waals surface area contributed by atoms with Crippen molar-refractivity contribution in [2.24, 2.45) is 18.7 Å². The van der Waals surface area contributed by atoms with Gasteiger partial charge in [0.05, 0.1) is 11.8 Å². The van der Waals surface area contributed by atoms with E-state index < -0.39 is 0 Å². The van der Waals surface area contributed by atoms with Crippen molar-refractivity contribution in [2.45, 2.75) is 12.8 Å². The summed E-state index contributed by atoms with van der Waals surface area (Å²) in [4.78, 5) is 38.8. The smallest absolute Gasteiger partial charge is 0.253 e. The fraction of sp³-hybridized carbons (Fsp3) is 0.304. The standard InChI is InChI=1S/C23H25N7O2/c1-25-22-18-19(29(2)12-26-18)16-11-17(27-21(16)28-22)14-4-3-5-15(10-14)23(32)30-8-6-13(7-9-30)20(24)31/h3-5,10-13H,6-9H2,1-2H3,(H2,24,31)(H2,25,27,28). The molecule has 3 aromatic heterocycles. The summed E-state index contributed by atoms with van der Waals surface area (Å²) >= 11 is 0. The number of rotatable bonds is 4. The largest absolute Gasteiger partial charge is 0.371 e. The van der Waals surface area contributed by atoms with Crippen LogP contribution in [0.1, 0.15) is 23.2 Å². The molecule has 1 fully saturated rings. The van der Waals surface area contributed by atoms with Crippen molar-refractivity contribution in [3.8, 4) is 11.3 Å². The summed E-state index contributed by atoms with van der Waals surface area (Å²) in [6, 6.07) is 9.63. The maximum Gasteiger partial charge on any atom is 0.253 e. The predicted molar refractivity (Wildman–Crippen MR) is 123 cm³/mol. The molecule has 0 saturated carbocycles. The average Bonchev–Trinajstić information content (AvgIpc) is 3.41. The molecule has 0 spiro atoms. The fourth-order valence-corrected chi connectivity index (χ4v) is 4.50. The molecule has 1 aromatic carbocycles. The van der Waals surface area contributed by atoms with Crippen molar-refractivity contribution in [2.75, 3.05) is 25.5 Å². The number of nitrogens with one attached hydrogen (secondary N) is 2. The van der Waals surface area contributed by atoms with Crippen LogP contribution < -0.4 is 11.1 Å². The highest BCUT2D eigenvalue weighted by atomic mass is 16.2. The quantitative estimate of drug-likeness (QED) is 0.458. The number of likely N-dealkylation sites (tertiary alicyclic amines) is 1. The summed E-state index contributed by atoms with van der Waals surface area (Å²) in [5.41, 5.74) is 10.4. The number of hydrogen-bond donors (Lipinski definition) is 3. The number of nitrogens with zero attached hydrogens (tertiary/aromatic N) is 4. The Morgan fingerprint density at radius 2 is 2.00 bits per heavy atom. The molecule has 0 aliphatic carbocycles. The van der Waals surface area contributed by atoms with Crippen LogP contribution in [0.4, 0.5) is 5.82 Å². The Morgan fingerprint density at radius 3 is 2.72 bits per heavy atom. The molecule has 0 unspecified atom stereocenters. The van der Waals surface area contributed by atoms with E-state index in [0.717, 1.165) is 33.3 Å². The molecule has 1 aliphatic heterocycles. The Hall–Kier alpha value is -3.88. The molecule has 0 radical (unpaired) electrons. The van der Waals surface area contributed by atoms with Gasteiger partial charge in [0.25, 0.3) is 5.91 Å². The molecule has 164 valence electrons. The van der Waals surface area contributed by atoms with Crippen molar-refractivity contribution in [3.05, 3.63) is 42.2 Å². The Balaban J connectivity index is 1.48. The first-order valence-corrected chi connectivity index (χ1v) is 10.7. The Bertz CT molecular complexity index is 1350. The Kier molecular flexibility index (Phi) is 4.80. The Morgan fingerprint density at radius 1 is 1.22 bits per heavy atom. The van der Waals surface area contributed by atoms with Gasteiger partial charge in [-0.05, 0) is 36.6 Å². The number of H-pyrrole nitrogens is 1. The lowest BCUT2D eigenvalue weighted by Gasteiger charge is -2.30. The fourth-order valence-electron chi connectivity index (χ4n) is 4.50. The second-order valence-corrected chi connectivity index (χ2v) is 8.26. The maximum atomic E-state index is 13.1. The van der Waals surface area contributed by atoms with E-state index in [-0.39, 0.29) is 17.7 Å². The number of fused-ring (bicyclic) bond motifs is 3. The van der Waals surface area contributed by atoms with Gasteiger partial charge in [-0.3, -0.25) is 9.59 Å². The number of amides is 2. The van der Waals surface area contributed by atoms with Crippen molar-refractivity contribution in [1.82, 2.24) is 24.4 Å². The van der Waals surface area contributed by atoms with E-state index in [9.17, 15) is 9.59 Å². The van der Waals surface area contributed by atoms with Crippen LogP contribution >= 0.6 is 0 Å². The predicted octanol–water partition coefficient (Wildman–Crippen LogP) is 2.50. The van der Waals surface area contributed by atoms with Gasteiger partial charge in [-0.2, -0.15) is 0 Å². The monoisotopic (exact) mass is 431 g/mol. The number of nitrogens with two attached hydrogens (primary N) is 1. The van der Waals surface area contributed by atoms with Gasteiger partial charge >= 0.3 is 0 Å². The zero-order valence-electron chi connectivity index (χ0n) is 18.1. The number of carbonyl (C=O) groups excluding carboxylic acids is 2. The first-order chi connectivity index (χ1) is 15.5. The number of benzene rings is 1. The number of pyridine rings is 1. The molecule has 1 saturated heterocycles. The van der Waals surface area contributed by atoms with Crippen molar-refractivity contribution in [3.63, 3.8) is 0 Å². The summed E-state index contributed by atoms with van der Waals surface area (Å²) in [5.74, 6) is 0.256. The van der Waals surface area contributed by atoms with Gasteiger partial charge in [0, 0.05) is 49.7 Å². The van der Waals surface area contributed by atoms with E-state index in [1.165, 1.54) is 0 Å². The molecule has 1 aliphatic rings. The second-order valence-electron chi connectivity index (χ2n) is 8.26. The highest BCUT2D eigenvalue weighted by molar-refractivity contribution is 6.07. The summed E-state index contributed by atoms with van der Waals surface area (Å²) in [6.45, 7) is 1.08. The number of aromatic amines is 1. The number of primary amides is 1. The molecule has 5 rings (SSSR count). The number of piperidine rings is 1. The molecule has 32 heavy (non-hydrogen) atoms. The molecular weight excluding hydrogens is 406 g/mol.